The van der Waals surface area contributed by atoms with Gasteiger partial charge in [0.2, 0.25) is 0 Å². The molecule has 1 aliphatic heterocycles. The lowest BCUT2D eigenvalue weighted by Crippen LogP contribution is -2.22. The summed E-state index contributed by atoms with van der Waals surface area (Å²) < 4.78 is 4.75. The van der Waals surface area contributed by atoms with E-state index in [2.05, 4.69) is 11.4 Å². The zero-order chi connectivity index (χ0) is 5.98. The standard InChI is InChI=1S/C5H8NO2/c1-4-5(2-7)8-3-6-4/h4-5,7H,2H2,1H3/t4-,5+/m1/s1. The van der Waals surface area contributed by atoms with E-state index >= 15 is 0 Å². The van der Waals surface area contributed by atoms with Gasteiger partial charge in [0.15, 0.2) is 0 Å². The second-order valence-electron chi connectivity index (χ2n) is 1.80. The Balaban J connectivity index is 2.38. The lowest BCUT2D eigenvalue weighted by Gasteiger charge is -2.07. The fourth-order valence-electron chi connectivity index (χ4n) is 0.553. The second-order valence-corrected chi connectivity index (χ2v) is 1.80. The van der Waals surface area contributed by atoms with Crippen molar-refractivity contribution in [2.75, 3.05) is 6.61 Å². The number of nitrogens with zero attached hydrogens (tertiary/aromatic N) is 1. The minimum absolute atomic E-state index is 0.0255. The summed E-state index contributed by atoms with van der Waals surface area (Å²) in [6.07, 6.45) is 2.18. The van der Waals surface area contributed by atoms with Crippen LogP contribution >= 0.6 is 0 Å². The summed E-state index contributed by atoms with van der Waals surface area (Å²) in [7, 11) is 0. The molecular weight excluding hydrogens is 106 g/mol. The summed E-state index contributed by atoms with van der Waals surface area (Å²) in [6, 6.07) is 0.0694. The molecular formula is C5H8NO2. The molecule has 0 amide bonds. The van der Waals surface area contributed by atoms with Crippen LogP contribution < -0.4 is 0 Å². The van der Waals surface area contributed by atoms with E-state index in [0.717, 1.165) is 0 Å². The summed E-state index contributed by atoms with van der Waals surface area (Å²) >= 11 is 0. The van der Waals surface area contributed by atoms with E-state index in [0.29, 0.717) is 0 Å². The van der Waals surface area contributed by atoms with Crippen molar-refractivity contribution < 1.29 is 9.84 Å². The fraction of sp³-hybridized carbons (Fsp3) is 0.800. The van der Waals surface area contributed by atoms with Gasteiger partial charge in [-0.3, -0.25) is 0 Å². The molecule has 0 fully saturated rings. The minimum atomic E-state index is -0.157. The zero-order valence-electron chi connectivity index (χ0n) is 4.66. The van der Waals surface area contributed by atoms with Crippen molar-refractivity contribution in [2.45, 2.75) is 19.1 Å². The number of hydrogen-bond acceptors (Lipinski definition) is 3. The Labute approximate surface area is 48.0 Å². The van der Waals surface area contributed by atoms with Gasteiger partial charge < -0.3 is 9.84 Å². The molecule has 2 atom stereocenters. The molecule has 0 unspecified atom stereocenters. The van der Waals surface area contributed by atoms with Crippen molar-refractivity contribution in [2.24, 2.45) is 4.99 Å². The molecule has 1 aliphatic rings. The van der Waals surface area contributed by atoms with E-state index in [4.69, 9.17) is 9.84 Å². The summed E-state index contributed by atoms with van der Waals surface area (Å²) in [5.74, 6) is 0. The topological polar surface area (TPSA) is 41.8 Å². The first kappa shape index (κ1) is 5.56. The molecule has 1 heterocycles. The number of ether oxygens (including phenoxy) is 1. The Morgan fingerprint density at radius 2 is 2.62 bits per heavy atom. The van der Waals surface area contributed by atoms with E-state index in [1.165, 1.54) is 0 Å². The SMILES string of the molecule is C[C@H]1N=[C]O[C@H]1CO. The molecule has 1 N–H and O–H groups in total. The lowest BCUT2D eigenvalue weighted by molar-refractivity contribution is 0.115. The fourth-order valence-corrected chi connectivity index (χ4v) is 0.553. The Hall–Kier alpha value is -0.570. The Bertz CT molecular complexity index is 103. The molecule has 0 aromatic rings. The van der Waals surface area contributed by atoms with Crippen LogP contribution in [0.2, 0.25) is 0 Å². The van der Waals surface area contributed by atoms with Gasteiger partial charge in [0.25, 0.3) is 6.40 Å². The summed E-state index contributed by atoms with van der Waals surface area (Å²) in [6.45, 7) is 1.90. The number of aliphatic hydroxyl groups excluding tert-OH is 1. The molecule has 3 heteroatoms. The zero-order valence-corrected chi connectivity index (χ0v) is 4.66. The Morgan fingerprint density at radius 3 is 2.88 bits per heavy atom. The molecule has 0 aromatic carbocycles. The maximum absolute atomic E-state index is 8.51. The van der Waals surface area contributed by atoms with Gasteiger partial charge in [-0.15, -0.1) is 0 Å². The summed E-state index contributed by atoms with van der Waals surface area (Å²) in [4.78, 5) is 3.76. The maximum atomic E-state index is 8.51. The van der Waals surface area contributed by atoms with Crippen LogP contribution in [0, 0.1) is 0 Å². The minimum Gasteiger partial charge on any atom is -0.466 e. The van der Waals surface area contributed by atoms with Gasteiger partial charge in [0.1, 0.15) is 6.10 Å². The van der Waals surface area contributed by atoms with Gasteiger partial charge in [-0.25, -0.2) is 4.99 Å². The third-order valence-electron chi connectivity index (χ3n) is 1.18. The van der Waals surface area contributed by atoms with Crippen molar-refractivity contribution in [3.8, 4) is 0 Å². The average Bonchev–Trinajstić information content (AvgIpc) is 2.14. The molecule has 0 bridgehead atoms. The molecule has 0 spiro atoms. The highest BCUT2D eigenvalue weighted by Crippen LogP contribution is 2.06. The van der Waals surface area contributed by atoms with E-state index in [1.54, 1.807) is 0 Å². The van der Waals surface area contributed by atoms with Crippen LogP contribution in [0.25, 0.3) is 0 Å². The highest BCUT2D eigenvalue weighted by atomic mass is 16.5. The molecule has 0 saturated carbocycles. The third-order valence-corrected chi connectivity index (χ3v) is 1.18. The maximum Gasteiger partial charge on any atom is 0.273 e. The monoisotopic (exact) mass is 114 g/mol. The van der Waals surface area contributed by atoms with Crippen LogP contribution in [0.5, 0.6) is 0 Å². The van der Waals surface area contributed by atoms with Gasteiger partial charge in [-0.1, -0.05) is 0 Å². The number of aliphatic hydroxyl groups is 1. The van der Waals surface area contributed by atoms with E-state index in [-0.39, 0.29) is 18.8 Å². The molecule has 1 radical (unpaired) electrons. The number of rotatable bonds is 1. The van der Waals surface area contributed by atoms with Crippen LogP contribution in [-0.4, -0.2) is 30.3 Å². The van der Waals surface area contributed by atoms with Gasteiger partial charge in [-0.05, 0) is 6.92 Å². The quantitative estimate of drug-likeness (QED) is 0.507. The van der Waals surface area contributed by atoms with E-state index in [1.807, 2.05) is 6.92 Å². The number of hydrogen-bond donors (Lipinski definition) is 1. The molecule has 45 valence electrons. The van der Waals surface area contributed by atoms with Crippen molar-refractivity contribution in [1.29, 1.82) is 0 Å². The predicted molar refractivity (Wildman–Crippen MR) is 28.9 cm³/mol. The van der Waals surface area contributed by atoms with Gasteiger partial charge in [0, 0.05) is 0 Å². The Kier molecular flexibility index (Phi) is 1.48. The molecule has 0 aliphatic carbocycles. The average molecular weight is 114 g/mol. The smallest absolute Gasteiger partial charge is 0.273 e. The lowest BCUT2D eigenvalue weighted by atomic mass is 10.2. The first-order chi connectivity index (χ1) is 3.84. The van der Waals surface area contributed by atoms with Gasteiger partial charge in [-0.2, -0.15) is 0 Å². The van der Waals surface area contributed by atoms with Crippen molar-refractivity contribution >= 4 is 6.40 Å². The van der Waals surface area contributed by atoms with Gasteiger partial charge >= 0.3 is 0 Å². The van der Waals surface area contributed by atoms with Crippen LogP contribution in [-0.2, 0) is 4.74 Å². The summed E-state index contributed by atoms with van der Waals surface area (Å²) in [5, 5.41) is 8.51. The van der Waals surface area contributed by atoms with Crippen LogP contribution in [0.1, 0.15) is 6.92 Å². The van der Waals surface area contributed by atoms with E-state index < -0.39 is 0 Å². The third kappa shape index (κ3) is 0.816. The molecule has 3 nitrogen and oxygen atoms in total. The molecule has 0 aromatic heterocycles. The van der Waals surface area contributed by atoms with Crippen molar-refractivity contribution in [1.82, 2.24) is 0 Å². The van der Waals surface area contributed by atoms with E-state index in [9.17, 15) is 0 Å². The molecule has 0 saturated heterocycles. The van der Waals surface area contributed by atoms with Crippen LogP contribution in [0.3, 0.4) is 0 Å². The van der Waals surface area contributed by atoms with Crippen LogP contribution in [0.15, 0.2) is 4.99 Å². The molecule has 8 heavy (non-hydrogen) atoms. The first-order valence-electron chi connectivity index (χ1n) is 2.56. The normalized spacial score (nSPS) is 35.2. The van der Waals surface area contributed by atoms with Crippen LogP contribution in [0.4, 0.5) is 0 Å². The Morgan fingerprint density at radius 1 is 1.88 bits per heavy atom. The predicted octanol–water partition coefficient (Wildman–Crippen LogP) is -0.329. The van der Waals surface area contributed by atoms with Gasteiger partial charge in [0.05, 0.1) is 12.6 Å². The van der Waals surface area contributed by atoms with Crippen molar-refractivity contribution in [3.05, 3.63) is 0 Å². The van der Waals surface area contributed by atoms with Crippen molar-refractivity contribution in [3.63, 3.8) is 0 Å². The second kappa shape index (κ2) is 2.13. The first-order valence-corrected chi connectivity index (χ1v) is 2.56. The number of aliphatic imine (C=N–C) groups is 1. The molecule has 1 rings (SSSR count). The largest absolute Gasteiger partial charge is 0.466 e. The highest BCUT2D eigenvalue weighted by Gasteiger charge is 2.20. The summed E-state index contributed by atoms with van der Waals surface area (Å²) in [5.41, 5.74) is 0. The highest BCUT2D eigenvalue weighted by molar-refractivity contribution is 5.49.